The normalized spacial score (nSPS) is 22.4. The van der Waals surface area contributed by atoms with Gasteiger partial charge in [0.1, 0.15) is 0 Å². The van der Waals surface area contributed by atoms with Crippen LogP contribution in [0.1, 0.15) is 13.8 Å². The van der Waals surface area contributed by atoms with Crippen LogP contribution in [0.5, 0.6) is 0 Å². The predicted octanol–water partition coefficient (Wildman–Crippen LogP) is 0.300. The highest BCUT2D eigenvalue weighted by Crippen LogP contribution is 2.12. The number of rotatable bonds is 2. The van der Waals surface area contributed by atoms with E-state index < -0.39 is 0 Å². The molecule has 0 amide bonds. The molecule has 1 saturated heterocycles. The third kappa shape index (κ3) is 2.09. The maximum atomic E-state index is 11.6. The largest absolute Gasteiger partial charge is 0.349 e. The zero-order valence-corrected chi connectivity index (χ0v) is 9.81. The number of anilines is 1. The van der Waals surface area contributed by atoms with Crippen LogP contribution in [0, 0.1) is 0 Å². The van der Waals surface area contributed by atoms with Crippen molar-refractivity contribution in [3.05, 3.63) is 22.7 Å². The van der Waals surface area contributed by atoms with E-state index in [0.717, 1.165) is 26.2 Å². The van der Waals surface area contributed by atoms with Crippen molar-refractivity contribution in [1.82, 2.24) is 14.9 Å². The van der Waals surface area contributed by atoms with Crippen molar-refractivity contribution in [3.63, 3.8) is 0 Å². The number of aromatic nitrogens is 2. The van der Waals surface area contributed by atoms with E-state index in [9.17, 15) is 4.79 Å². The molecule has 0 bridgehead atoms. The summed E-state index contributed by atoms with van der Waals surface area (Å²) in [7, 11) is 0. The molecule has 2 heterocycles. The molecule has 0 spiro atoms. The number of hydrogen-bond donors (Lipinski definition) is 1. The second kappa shape index (κ2) is 4.65. The van der Waals surface area contributed by atoms with Crippen molar-refractivity contribution in [2.75, 3.05) is 31.1 Å². The van der Waals surface area contributed by atoms with E-state index in [1.165, 1.54) is 0 Å². The quantitative estimate of drug-likeness (QED) is 0.782. The van der Waals surface area contributed by atoms with Gasteiger partial charge in [-0.15, -0.1) is 0 Å². The van der Waals surface area contributed by atoms with E-state index in [0.29, 0.717) is 11.9 Å². The molecule has 1 N–H and O–H groups in total. The van der Waals surface area contributed by atoms with Crippen molar-refractivity contribution in [3.8, 4) is 0 Å². The number of H-pyrrole nitrogens is 1. The van der Waals surface area contributed by atoms with Gasteiger partial charge in [-0.2, -0.15) is 0 Å². The second-order valence-corrected chi connectivity index (χ2v) is 4.17. The lowest BCUT2D eigenvalue weighted by Gasteiger charge is -2.39. The van der Waals surface area contributed by atoms with Gasteiger partial charge in [0.15, 0.2) is 5.82 Å². The number of hydrogen-bond acceptors (Lipinski definition) is 4. The molecule has 1 aliphatic heterocycles. The molecule has 2 rings (SSSR count). The maximum absolute atomic E-state index is 11.6. The first-order valence-electron chi connectivity index (χ1n) is 5.75. The molecule has 1 unspecified atom stereocenters. The van der Waals surface area contributed by atoms with Gasteiger partial charge in [0.2, 0.25) is 0 Å². The first kappa shape index (κ1) is 11.1. The van der Waals surface area contributed by atoms with Crippen molar-refractivity contribution < 1.29 is 0 Å². The molecule has 0 saturated carbocycles. The van der Waals surface area contributed by atoms with Crippen LogP contribution in [0.2, 0.25) is 0 Å². The van der Waals surface area contributed by atoms with Crippen LogP contribution in [0.15, 0.2) is 17.2 Å². The molecule has 0 radical (unpaired) electrons. The van der Waals surface area contributed by atoms with E-state index in [2.05, 4.69) is 33.6 Å². The van der Waals surface area contributed by atoms with Gasteiger partial charge in [0.25, 0.3) is 5.56 Å². The fourth-order valence-corrected chi connectivity index (χ4v) is 2.23. The minimum absolute atomic E-state index is 0.0975. The zero-order valence-electron chi connectivity index (χ0n) is 9.81. The first-order chi connectivity index (χ1) is 7.72. The number of piperazine rings is 1. The van der Waals surface area contributed by atoms with Crippen LogP contribution in [-0.2, 0) is 0 Å². The number of likely N-dealkylation sites (N-methyl/N-ethyl adjacent to an activating group) is 1. The molecular formula is C11H18N4O. The first-order valence-corrected chi connectivity index (χ1v) is 5.75. The van der Waals surface area contributed by atoms with Crippen LogP contribution in [0.25, 0.3) is 0 Å². The summed E-state index contributed by atoms with van der Waals surface area (Å²) in [5, 5.41) is 0. The number of nitrogens with zero attached hydrogens (tertiary/aromatic N) is 3. The minimum Gasteiger partial charge on any atom is -0.349 e. The van der Waals surface area contributed by atoms with Gasteiger partial charge in [0.05, 0.1) is 0 Å². The monoisotopic (exact) mass is 222 g/mol. The Balaban J connectivity index is 2.14. The Labute approximate surface area is 95.1 Å². The molecule has 1 fully saturated rings. The highest BCUT2D eigenvalue weighted by molar-refractivity contribution is 5.36. The third-order valence-corrected chi connectivity index (χ3v) is 3.16. The average molecular weight is 222 g/mol. The summed E-state index contributed by atoms with van der Waals surface area (Å²) in [6.07, 6.45) is 3.20. The third-order valence-electron chi connectivity index (χ3n) is 3.16. The second-order valence-electron chi connectivity index (χ2n) is 4.17. The van der Waals surface area contributed by atoms with Crippen molar-refractivity contribution in [2.45, 2.75) is 19.9 Å². The molecule has 88 valence electrons. The summed E-state index contributed by atoms with van der Waals surface area (Å²) in [6.45, 7) is 8.15. The standard InChI is InChI=1S/C11H18N4O/c1-3-14-6-7-15(8-9(14)2)10-11(16)13-5-4-12-10/h4-5,9H,3,6-8H2,1-2H3,(H,13,16). The molecule has 1 atom stereocenters. The lowest BCUT2D eigenvalue weighted by molar-refractivity contribution is 0.199. The summed E-state index contributed by atoms with van der Waals surface area (Å²) in [6, 6.07) is 0.472. The Morgan fingerprint density at radius 3 is 3.00 bits per heavy atom. The van der Waals surface area contributed by atoms with E-state index in [1.807, 2.05) is 0 Å². The molecule has 16 heavy (non-hydrogen) atoms. The van der Waals surface area contributed by atoms with Crippen LogP contribution in [0.3, 0.4) is 0 Å². The van der Waals surface area contributed by atoms with Crippen LogP contribution in [-0.4, -0.2) is 47.1 Å². The molecule has 1 aromatic heterocycles. The molecule has 1 aliphatic rings. The minimum atomic E-state index is -0.0975. The molecule has 1 aromatic rings. The number of aromatic amines is 1. The number of nitrogens with one attached hydrogen (secondary N) is 1. The lowest BCUT2D eigenvalue weighted by Crippen LogP contribution is -2.53. The average Bonchev–Trinajstić information content (AvgIpc) is 2.29. The van der Waals surface area contributed by atoms with Crippen molar-refractivity contribution in [1.29, 1.82) is 0 Å². The Bertz CT molecular complexity index is 403. The van der Waals surface area contributed by atoms with Gasteiger partial charge in [0, 0.05) is 38.1 Å². The topological polar surface area (TPSA) is 52.2 Å². The smallest absolute Gasteiger partial charge is 0.290 e. The zero-order chi connectivity index (χ0) is 11.5. The Morgan fingerprint density at radius 1 is 1.56 bits per heavy atom. The van der Waals surface area contributed by atoms with Gasteiger partial charge in [-0.3, -0.25) is 9.69 Å². The van der Waals surface area contributed by atoms with Crippen LogP contribution >= 0.6 is 0 Å². The van der Waals surface area contributed by atoms with E-state index >= 15 is 0 Å². The fraction of sp³-hybridized carbons (Fsp3) is 0.636. The summed E-state index contributed by atoms with van der Waals surface area (Å²) >= 11 is 0. The Morgan fingerprint density at radius 2 is 2.38 bits per heavy atom. The molecule has 5 heteroatoms. The van der Waals surface area contributed by atoms with E-state index in [4.69, 9.17) is 0 Å². The predicted molar refractivity (Wildman–Crippen MR) is 63.8 cm³/mol. The van der Waals surface area contributed by atoms with Gasteiger partial charge in [-0.05, 0) is 13.5 Å². The SMILES string of the molecule is CCN1CCN(c2ncc[nH]c2=O)CC1C. The van der Waals surface area contributed by atoms with E-state index in [1.54, 1.807) is 12.4 Å². The molecule has 0 aromatic carbocycles. The highest BCUT2D eigenvalue weighted by atomic mass is 16.1. The summed E-state index contributed by atoms with van der Waals surface area (Å²) < 4.78 is 0. The molecular weight excluding hydrogens is 204 g/mol. The van der Waals surface area contributed by atoms with Crippen LogP contribution < -0.4 is 10.5 Å². The Kier molecular flexibility index (Phi) is 3.24. The van der Waals surface area contributed by atoms with Gasteiger partial charge >= 0.3 is 0 Å². The van der Waals surface area contributed by atoms with Crippen molar-refractivity contribution >= 4 is 5.82 Å². The van der Waals surface area contributed by atoms with Gasteiger partial charge < -0.3 is 9.88 Å². The summed E-state index contributed by atoms with van der Waals surface area (Å²) in [5.41, 5.74) is -0.0975. The molecule has 0 aliphatic carbocycles. The van der Waals surface area contributed by atoms with Crippen LogP contribution in [0.4, 0.5) is 5.82 Å². The lowest BCUT2D eigenvalue weighted by atomic mass is 10.2. The highest BCUT2D eigenvalue weighted by Gasteiger charge is 2.24. The van der Waals surface area contributed by atoms with Gasteiger partial charge in [-0.1, -0.05) is 6.92 Å². The van der Waals surface area contributed by atoms with E-state index in [-0.39, 0.29) is 5.56 Å². The fourth-order valence-electron chi connectivity index (χ4n) is 2.23. The summed E-state index contributed by atoms with van der Waals surface area (Å²) in [5.74, 6) is 0.546. The molecule has 5 nitrogen and oxygen atoms in total. The van der Waals surface area contributed by atoms with Crippen molar-refractivity contribution in [2.24, 2.45) is 0 Å². The maximum Gasteiger partial charge on any atom is 0.290 e. The van der Waals surface area contributed by atoms with Gasteiger partial charge in [-0.25, -0.2) is 4.98 Å². The summed E-state index contributed by atoms with van der Waals surface area (Å²) in [4.78, 5) is 22.9. The Hall–Kier alpha value is -1.36.